The quantitative estimate of drug-likeness (QED) is 0.624. The van der Waals surface area contributed by atoms with Crippen molar-refractivity contribution in [2.45, 2.75) is 6.18 Å². The Bertz CT molecular complexity index is 717. The summed E-state index contributed by atoms with van der Waals surface area (Å²) in [5.74, 6) is -0.826. The minimum absolute atomic E-state index is 0.0939. The van der Waals surface area contributed by atoms with E-state index in [1.807, 2.05) is 6.07 Å². The molecule has 3 nitrogen and oxygen atoms in total. The summed E-state index contributed by atoms with van der Waals surface area (Å²) in [5.41, 5.74) is -0.862. The minimum Gasteiger partial charge on any atom is -0.423 e. The zero-order chi connectivity index (χ0) is 15.5. The molecule has 0 N–H and O–H groups in total. The molecule has 0 saturated heterocycles. The fraction of sp³-hybridized carbons (Fsp3) is 0.0667. The molecule has 0 fully saturated rings. The molecule has 0 radical (unpaired) electrons. The van der Waals surface area contributed by atoms with Gasteiger partial charge in [0.2, 0.25) is 0 Å². The molecule has 2 rings (SSSR count). The van der Waals surface area contributed by atoms with Crippen LogP contribution >= 0.6 is 0 Å². The maximum absolute atomic E-state index is 12.6. The van der Waals surface area contributed by atoms with Crippen molar-refractivity contribution in [1.82, 2.24) is 0 Å². The van der Waals surface area contributed by atoms with Gasteiger partial charge in [-0.15, -0.1) is 0 Å². The average molecular weight is 291 g/mol. The van der Waals surface area contributed by atoms with Crippen molar-refractivity contribution in [2.24, 2.45) is 0 Å². The molecule has 21 heavy (non-hydrogen) atoms. The zero-order valence-electron chi connectivity index (χ0n) is 10.5. The molecule has 0 saturated carbocycles. The number of nitrogens with zero attached hydrogens (tertiary/aromatic N) is 1. The predicted octanol–water partition coefficient (Wildman–Crippen LogP) is 3.80. The minimum atomic E-state index is -4.53. The molecule has 0 aliphatic rings. The van der Waals surface area contributed by atoms with Gasteiger partial charge in [0, 0.05) is 0 Å². The number of carbonyl (C=O) groups excluding carboxylic acids is 1. The van der Waals surface area contributed by atoms with E-state index in [0.29, 0.717) is 0 Å². The second-order valence-corrected chi connectivity index (χ2v) is 4.11. The van der Waals surface area contributed by atoms with E-state index in [9.17, 15) is 18.0 Å². The lowest BCUT2D eigenvalue weighted by Crippen LogP contribution is -2.11. The fourth-order valence-corrected chi connectivity index (χ4v) is 1.62. The Balaban J connectivity index is 2.23. The van der Waals surface area contributed by atoms with Crippen LogP contribution in [0.2, 0.25) is 0 Å². The van der Waals surface area contributed by atoms with Gasteiger partial charge < -0.3 is 4.74 Å². The van der Waals surface area contributed by atoms with Crippen LogP contribution in [0.15, 0.2) is 48.5 Å². The summed E-state index contributed by atoms with van der Waals surface area (Å²) < 4.78 is 42.7. The Morgan fingerprint density at radius 1 is 1.10 bits per heavy atom. The first kappa shape index (κ1) is 14.6. The number of alkyl halides is 3. The first-order chi connectivity index (χ1) is 9.90. The lowest BCUT2D eigenvalue weighted by Gasteiger charge is -2.08. The van der Waals surface area contributed by atoms with Gasteiger partial charge in [-0.2, -0.15) is 18.4 Å². The second kappa shape index (κ2) is 5.67. The maximum Gasteiger partial charge on any atom is 0.416 e. The van der Waals surface area contributed by atoms with Crippen molar-refractivity contribution in [2.75, 3.05) is 0 Å². The molecular formula is C15H8F3NO2. The highest BCUT2D eigenvalue weighted by molar-refractivity contribution is 5.91. The Hall–Kier alpha value is -2.81. The lowest BCUT2D eigenvalue weighted by molar-refractivity contribution is -0.137. The summed E-state index contributed by atoms with van der Waals surface area (Å²) in [4.78, 5) is 11.8. The molecule has 6 heteroatoms. The molecule has 0 spiro atoms. The van der Waals surface area contributed by atoms with Crippen LogP contribution < -0.4 is 4.74 Å². The highest BCUT2D eigenvalue weighted by Crippen LogP contribution is 2.29. The molecule has 0 heterocycles. The predicted molar refractivity (Wildman–Crippen MR) is 67.6 cm³/mol. The van der Waals surface area contributed by atoms with Gasteiger partial charge in [0.05, 0.1) is 22.8 Å². The highest BCUT2D eigenvalue weighted by atomic mass is 19.4. The molecule has 106 valence electrons. The zero-order valence-corrected chi connectivity index (χ0v) is 10.5. The van der Waals surface area contributed by atoms with Crippen molar-refractivity contribution >= 4 is 5.97 Å². The first-order valence-corrected chi connectivity index (χ1v) is 5.80. The number of rotatable bonds is 2. The van der Waals surface area contributed by atoms with Gasteiger partial charge in [-0.1, -0.05) is 12.1 Å². The van der Waals surface area contributed by atoms with E-state index < -0.39 is 17.7 Å². The maximum atomic E-state index is 12.6. The van der Waals surface area contributed by atoms with Crippen LogP contribution in [-0.2, 0) is 6.18 Å². The van der Waals surface area contributed by atoms with Crippen molar-refractivity contribution in [3.05, 3.63) is 65.2 Å². The molecule has 2 aromatic rings. The smallest absolute Gasteiger partial charge is 0.416 e. The number of benzene rings is 2. The first-order valence-electron chi connectivity index (χ1n) is 5.80. The van der Waals surface area contributed by atoms with Crippen molar-refractivity contribution < 1.29 is 22.7 Å². The number of ether oxygens (including phenoxy) is 1. The third-order valence-corrected chi connectivity index (χ3v) is 2.60. The normalized spacial score (nSPS) is 10.8. The van der Waals surface area contributed by atoms with E-state index in [-0.39, 0.29) is 16.9 Å². The van der Waals surface area contributed by atoms with Crippen LogP contribution in [0.1, 0.15) is 21.5 Å². The van der Waals surface area contributed by atoms with E-state index in [1.54, 1.807) is 0 Å². The van der Waals surface area contributed by atoms with Gasteiger partial charge in [-0.3, -0.25) is 0 Å². The van der Waals surface area contributed by atoms with Crippen molar-refractivity contribution in [1.29, 1.82) is 5.26 Å². The van der Waals surface area contributed by atoms with Crippen LogP contribution in [0.4, 0.5) is 13.2 Å². The van der Waals surface area contributed by atoms with E-state index in [0.717, 1.165) is 18.2 Å². The van der Waals surface area contributed by atoms with E-state index in [4.69, 9.17) is 10.00 Å². The molecule has 0 atom stereocenters. The van der Waals surface area contributed by atoms with Gasteiger partial charge in [-0.05, 0) is 36.4 Å². The Morgan fingerprint density at radius 2 is 1.81 bits per heavy atom. The summed E-state index contributed by atoms with van der Waals surface area (Å²) in [6.07, 6.45) is -4.53. The van der Waals surface area contributed by atoms with Gasteiger partial charge in [0.1, 0.15) is 5.75 Å². The van der Waals surface area contributed by atoms with Gasteiger partial charge in [0.15, 0.2) is 0 Å². The van der Waals surface area contributed by atoms with E-state index >= 15 is 0 Å². The Kier molecular flexibility index (Phi) is 3.94. The molecular weight excluding hydrogens is 283 g/mol. The number of esters is 1. The molecule has 0 aliphatic heterocycles. The van der Waals surface area contributed by atoms with Crippen LogP contribution in [0.25, 0.3) is 0 Å². The highest BCUT2D eigenvalue weighted by Gasteiger charge is 2.31. The monoisotopic (exact) mass is 291 g/mol. The number of nitriles is 1. The molecule has 0 aromatic heterocycles. The number of halogens is 3. The Labute approximate surface area is 118 Å². The fourth-order valence-electron chi connectivity index (χ4n) is 1.62. The number of hydrogen-bond donors (Lipinski definition) is 0. The summed E-state index contributed by atoms with van der Waals surface area (Å²) >= 11 is 0. The van der Waals surface area contributed by atoms with Crippen LogP contribution in [0.3, 0.4) is 0 Å². The summed E-state index contributed by atoms with van der Waals surface area (Å²) in [6, 6.07) is 11.6. The Morgan fingerprint density at radius 3 is 2.48 bits per heavy atom. The van der Waals surface area contributed by atoms with Gasteiger partial charge in [0.25, 0.3) is 0 Å². The van der Waals surface area contributed by atoms with Crippen LogP contribution in [-0.4, -0.2) is 5.97 Å². The molecule has 0 aliphatic carbocycles. The SMILES string of the molecule is N#Cc1cccc(OC(=O)c2cccc(C(F)(F)F)c2)c1. The van der Waals surface area contributed by atoms with E-state index in [1.165, 1.54) is 30.3 Å². The van der Waals surface area contributed by atoms with Crippen molar-refractivity contribution in [3.8, 4) is 11.8 Å². The van der Waals surface area contributed by atoms with Gasteiger partial charge >= 0.3 is 12.1 Å². The van der Waals surface area contributed by atoms with Gasteiger partial charge in [-0.25, -0.2) is 4.79 Å². The van der Waals surface area contributed by atoms with E-state index in [2.05, 4.69) is 0 Å². The summed E-state index contributed by atoms with van der Waals surface area (Å²) in [7, 11) is 0. The summed E-state index contributed by atoms with van der Waals surface area (Å²) in [6.45, 7) is 0. The molecule has 0 unspecified atom stereocenters. The third-order valence-electron chi connectivity index (χ3n) is 2.60. The largest absolute Gasteiger partial charge is 0.423 e. The molecule has 0 bridgehead atoms. The average Bonchev–Trinajstić information content (AvgIpc) is 2.46. The third kappa shape index (κ3) is 3.60. The topological polar surface area (TPSA) is 50.1 Å². The number of hydrogen-bond acceptors (Lipinski definition) is 3. The number of carbonyl (C=O) groups is 1. The summed E-state index contributed by atoms with van der Waals surface area (Å²) in [5, 5.41) is 8.72. The standard InChI is InChI=1S/C15H8F3NO2/c16-15(17,18)12-5-2-4-11(8-12)14(20)21-13-6-1-3-10(7-13)9-19/h1-8H. The second-order valence-electron chi connectivity index (χ2n) is 4.11. The lowest BCUT2D eigenvalue weighted by atomic mass is 10.1. The molecule has 0 amide bonds. The molecule has 2 aromatic carbocycles. The van der Waals surface area contributed by atoms with Crippen LogP contribution in [0.5, 0.6) is 5.75 Å². The van der Waals surface area contributed by atoms with Crippen LogP contribution in [0, 0.1) is 11.3 Å². The van der Waals surface area contributed by atoms with Crippen molar-refractivity contribution in [3.63, 3.8) is 0 Å².